The molecular weight excluding hydrogens is 322 g/mol. The van der Waals surface area contributed by atoms with Gasteiger partial charge in [-0.3, -0.25) is 9.36 Å². The first-order valence-electron chi connectivity index (χ1n) is 8.17. The van der Waals surface area contributed by atoms with Crippen molar-refractivity contribution in [3.05, 3.63) is 47.4 Å². The maximum absolute atomic E-state index is 12.6. The Balaban J connectivity index is 1.44. The van der Waals surface area contributed by atoms with Gasteiger partial charge < -0.3 is 14.4 Å². The summed E-state index contributed by atoms with van der Waals surface area (Å²) in [5, 5.41) is 7.50. The molecule has 0 amide bonds. The fraction of sp³-hybridized carbons (Fsp3) is 0.438. The van der Waals surface area contributed by atoms with E-state index in [1.807, 2.05) is 6.08 Å². The third-order valence-corrected chi connectivity index (χ3v) is 5.51. The quantitative estimate of drug-likeness (QED) is 0.670. The number of aryl methyl sites for hydroxylation is 1. The standard InChI is InChI=1S/C16H17N7O2/c1-3-16-6-17-4-9(16)11(16)13-20-10(25-21-13)5-23-8-19-14-12(15(23)24)22(2)7-18-14/h3,7-9,11,17H,1,4-6H2,2H3/t9-,11+,16-/m1/s1. The second-order valence-corrected chi connectivity index (χ2v) is 6.78. The summed E-state index contributed by atoms with van der Waals surface area (Å²) in [4.78, 5) is 25.4. The zero-order valence-electron chi connectivity index (χ0n) is 13.7. The lowest BCUT2D eigenvalue weighted by Gasteiger charge is -2.06. The Morgan fingerprint density at radius 3 is 3.12 bits per heavy atom. The Kier molecular flexibility index (Phi) is 2.82. The summed E-state index contributed by atoms with van der Waals surface area (Å²) in [6, 6.07) is 0. The van der Waals surface area contributed by atoms with Crippen LogP contribution < -0.4 is 10.9 Å². The van der Waals surface area contributed by atoms with Crippen molar-refractivity contribution in [3.63, 3.8) is 0 Å². The number of aromatic nitrogens is 6. The number of nitrogens with one attached hydrogen (secondary N) is 1. The fourth-order valence-corrected chi connectivity index (χ4v) is 4.09. The molecule has 0 unspecified atom stereocenters. The molecule has 5 rings (SSSR count). The van der Waals surface area contributed by atoms with Crippen molar-refractivity contribution in [2.45, 2.75) is 12.5 Å². The van der Waals surface area contributed by atoms with E-state index in [1.165, 1.54) is 10.9 Å². The maximum Gasteiger partial charge on any atom is 0.280 e. The molecule has 0 bridgehead atoms. The highest BCUT2D eigenvalue weighted by Crippen LogP contribution is 2.66. The van der Waals surface area contributed by atoms with Crippen molar-refractivity contribution in [1.29, 1.82) is 0 Å². The Bertz CT molecular complexity index is 1050. The molecule has 2 fully saturated rings. The van der Waals surface area contributed by atoms with E-state index >= 15 is 0 Å². The van der Waals surface area contributed by atoms with Crippen molar-refractivity contribution in [1.82, 2.24) is 34.6 Å². The smallest absolute Gasteiger partial charge is 0.280 e. The molecular formula is C16H17N7O2. The second kappa shape index (κ2) is 4.85. The highest BCUT2D eigenvalue weighted by atomic mass is 16.5. The van der Waals surface area contributed by atoms with Crippen LogP contribution in [0, 0.1) is 11.3 Å². The monoisotopic (exact) mass is 339 g/mol. The van der Waals surface area contributed by atoms with Gasteiger partial charge in [0.15, 0.2) is 17.0 Å². The molecule has 1 aliphatic carbocycles. The number of fused-ring (bicyclic) bond motifs is 2. The van der Waals surface area contributed by atoms with E-state index < -0.39 is 0 Å². The zero-order valence-corrected chi connectivity index (χ0v) is 13.7. The molecule has 2 aliphatic rings. The van der Waals surface area contributed by atoms with Crippen molar-refractivity contribution in [2.75, 3.05) is 13.1 Å². The average molecular weight is 339 g/mol. The minimum Gasteiger partial charge on any atom is -0.337 e. The number of piperidine rings is 1. The van der Waals surface area contributed by atoms with Crippen molar-refractivity contribution in [2.24, 2.45) is 18.4 Å². The van der Waals surface area contributed by atoms with Crippen LogP contribution in [-0.2, 0) is 13.6 Å². The molecule has 3 atom stereocenters. The molecule has 9 nitrogen and oxygen atoms in total. The third-order valence-electron chi connectivity index (χ3n) is 5.51. The number of hydrogen-bond donors (Lipinski definition) is 1. The van der Waals surface area contributed by atoms with E-state index in [-0.39, 0.29) is 23.4 Å². The number of rotatable bonds is 4. The predicted octanol–water partition coefficient (Wildman–Crippen LogP) is 0.0503. The summed E-state index contributed by atoms with van der Waals surface area (Å²) in [6.45, 7) is 6.00. The number of hydrogen-bond acceptors (Lipinski definition) is 7. The molecule has 3 aromatic rings. The molecule has 1 N–H and O–H groups in total. The lowest BCUT2D eigenvalue weighted by atomic mass is 10.0. The van der Waals surface area contributed by atoms with Crippen molar-refractivity contribution in [3.8, 4) is 0 Å². The van der Waals surface area contributed by atoms with Crippen LogP contribution in [0.2, 0.25) is 0 Å². The van der Waals surface area contributed by atoms with Gasteiger partial charge in [-0.25, -0.2) is 9.97 Å². The van der Waals surface area contributed by atoms with E-state index in [2.05, 4.69) is 32.0 Å². The number of nitrogens with zero attached hydrogens (tertiary/aromatic N) is 6. The van der Waals surface area contributed by atoms with Crippen LogP contribution in [0.3, 0.4) is 0 Å². The average Bonchev–Trinajstić information content (AvgIpc) is 3.08. The first-order valence-corrected chi connectivity index (χ1v) is 8.17. The molecule has 1 saturated carbocycles. The summed E-state index contributed by atoms with van der Waals surface area (Å²) in [5.74, 6) is 1.82. The van der Waals surface area contributed by atoms with Crippen LogP contribution in [0.4, 0.5) is 0 Å². The van der Waals surface area contributed by atoms with Gasteiger partial charge in [0.25, 0.3) is 5.56 Å². The molecule has 9 heteroatoms. The van der Waals surface area contributed by atoms with Gasteiger partial charge in [-0.05, 0) is 12.5 Å². The minimum atomic E-state index is -0.181. The summed E-state index contributed by atoms with van der Waals surface area (Å²) in [6.07, 6.45) is 5.04. The van der Waals surface area contributed by atoms with E-state index in [0.717, 1.165) is 13.1 Å². The molecule has 25 heavy (non-hydrogen) atoms. The van der Waals surface area contributed by atoms with Gasteiger partial charge in [0.1, 0.15) is 12.9 Å². The topological polar surface area (TPSA) is 104 Å². The van der Waals surface area contributed by atoms with Crippen LogP contribution in [-0.4, -0.2) is 42.3 Å². The van der Waals surface area contributed by atoms with Crippen LogP contribution in [0.5, 0.6) is 0 Å². The lowest BCUT2D eigenvalue weighted by Crippen LogP contribution is -2.22. The van der Waals surface area contributed by atoms with E-state index in [4.69, 9.17) is 4.52 Å². The third kappa shape index (κ3) is 1.89. The van der Waals surface area contributed by atoms with Gasteiger partial charge >= 0.3 is 0 Å². The Morgan fingerprint density at radius 1 is 1.48 bits per heavy atom. The van der Waals surface area contributed by atoms with E-state index in [0.29, 0.717) is 28.8 Å². The maximum atomic E-state index is 12.6. The molecule has 1 aliphatic heterocycles. The van der Waals surface area contributed by atoms with E-state index in [1.54, 1.807) is 17.9 Å². The van der Waals surface area contributed by atoms with Crippen LogP contribution in [0.15, 0.2) is 34.6 Å². The molecule has 4 heterocycles. The van der Waals surface area contributed by atoms with Crippen molar-refractivity contribution >= 4 is 11.2 Å². The molecule has 128 valence electrons. The Labute approximate surface area is 142 Å². The molecule has 0 spiro atoms. The lowest BCUT2D eigenvalue weighted by molar-refractivity contribution is 0.362. The van der Waals surface area contributed by atoms with Crippen LogP contribution in [0.25, 0.3) is 11.2 Å². The molecule has 0 aromatic carbocycles. The second-order valence-electron chi connectivity index (χ2n) is 6.78. The largest absolute Gasteiger partial charge is 0.337 e. The predicted molar refractivity (Wildman–Crippen MR) is 87.9 cm³/mol. The highest BCUT2D eigenvalue weighted by Gasteiger charge is 2.67. The van der Waals surface area contributed by atoms with Gasteiger partial charge in [-0.2, -0.15) is 4.98 Å². The molecule has 3 aromatic heterocycles. The SMILES string of the molecule is C=C[C@@]12CNC[C@@H]1[C@H]2c1noc(Cn2cnc3ncn(C)c3c2=O)n1. The van der Waals surface area contributed by atoms with Gasteiger partial charge in [0, 0.05) is 24.9 Å². The number of imidazole rings is 1. The van der Waals surface area contributed by atoms with E-state index in [9.17, 15) is 4.79 Å². The fourth-order valence-electron chi connectivity index (χ4n) is 4.09. The summed E-state index contributed by atoms with van der Waals surface area (Å²) in [7, 11) is 1.77. The van der Waals surface area contributed by atoms with Gasteiger partial charge in [-0.1, -0.05) is 11.2 Å². The van der Waals surface area contributed by atoms with Gasteiger partial charge in [-0.15, -0.1) is 6.58 Å². The Morgan fingerprint density at radius 2 is 2.32 bits per heavy atom. The zero-order chi connectivity index (χ0) is 17.2. The summed E-state index contributed by atoms with van der Waals surface area (Å²) in [5.41, 5.74) is 0.754. The van der Waals surface area contributed by atoms with Crippen LogP contribution >= 0.6 is 0 Å². The van der Waals surface area contributed by atoms with Crippen molar-refractivity contribution < 1.29 is 4.52 Å². The highest BCUT2D eigenvalue weighted by molar-refractivity contribution is 5.68. The van der Waals surface area contributed by atoms with Gasteiger partial charge in [0.05, 0.1) is 6.33 Å². The normalized spacial score (nSPS) is 27.6. The summed E-state index contributed by atoms with van der Waals surface area (Å²) < 4.78 is 8.50. The summed E-state index contributed by atoms with van der Waals surface area (Å²) >= 11 is 0. The molecule has 1 saturated heterocycles. The first-order chi connectivity index (χ1) is 12.1. The minimum absolute atomic E-state index is 0.0488. The molecule has 0 radical (unpaired) electrons. The van der Waals surface area contributed by atoms with Crippen LogP contribution in [0.1, 0.15) is 17.6 Å². The Hall–Kier alpha value is -2.81. The van der Waals surface area contributed by atoms with Gasteiger partial charge in [0.2, 0.25) is 5.89 Å². The first kappa shape index (κ1) is 14.5.